The van der Waals surface area contributed by atoms with Crippen molar-refractivity contribution >= 4 is 17.9 Å². The Morgan fingerprint density at radius 2 is 0.652 bits per heavy atom. The van der Waals surface area contributed by atoms with Gasteiger partial charge in [0.05, 0.1) is 0 Å². The van der Waals surface area contributed by atoms with E-state index in [1.807, 2.05) is 24.3 Å². The first-order chi connectivity index (χ1) is 34.0. The van der Waals surface area contributed by atoms with E-state index in [9.17, 15) is 14.4 Å². The Morgan fingerprint density at radius 1 is 0.319 bits per heavy atom. The van der Waals surface area contributed by atoms with Crippen molar-refractivity contribution in [2.45, 2.75) is 258 Å². The minimum atomic E-state index is -0.802. The summed E-state index contributed by atoms with van der Waals surface area (Å²) in [6.07, 6.45) is 76.4. The molecule has 0 spiro atoms. The summed E-state index contributed by atoms with van der Waals surface area (Å²) in [5.41, 5.74) is 0. The number of esters is 3. The summed E-state index contributed by atoms with van der Waals surface area (Å²) < 4.78 is 16.8. The zero-order chi connectivity index (χ0) is 50.0. The first-order valence-corrected chi connectivity index (χ1v) is 28.5. The highest BCUT2D eigenvalue weighted by Gasteiger charge is 2.19. The highest BCUT2D eigenvalue weighted by molar-refractivity contribution is 5.71. The summed E-state index contributed by atoms with van der Waals surface area (Å²) >= 11 is 0. The van der Waals surface area contributed by atoms with Crippen LogP contribution >= 0.6 is 0 Å². The predicted octanol–water partition coefficient (Wildman–Crippen LogP) is 19.1. The number of carbonyl (C=O) groups excluding carboxylic acids is 3. The lowest BCUT2D eigenvalue weighted by molar-refractivity contribution is -0.167. The summed E-state index contributed by atoms with van der Waals surface area (Å²) in [5.74, 6) is -0.943. The van der Waals surface area contributed by atoms with Gasteiger partial charge in [-0.25, -0.2) is 0 Å². The first kappa shape index (κ1) is 65.1. The van der Waals surface area contributed by atoms with Crippen LogP contribution in [0.3, 0.4) is 0 Å². The van der Waals surface area contributed by atoms with E-state index in [0.29, 0.717) is 19.3 Å². The quantitative estimate of drug-likeness (QED) is 0.0199. The lowest BCUT2D eigenvalue weighted by atomic mass is 10.1. The maximum Gasteiger partial charge on any atom is 0.306 e. The summed E-state index contributed by atoms with van der Waals surface area (Å²) in [4.78, 5) is 38.2. The average molecular weight is 958 g/mol. The van der Waals surface area contributed by atoms with Crippen LogP contribution < -0.4 is 0 Å². The molecule has 69 heavy (non-hydrogen) atoms. The maximum atomic E-state index is 12.9. The number of allylic oxidation sites excluding steroid dienone is 18. The van der Waals surface area contributed by atoms with Crippen LogP contribution in [-0.4, -0.2) is 37.2 Å². The van der Waals surface area contributed by atoms with E-state index in [-0.39, 0.29) is 31.1 Å². The highest BCUT2D eigenvalue weighted by atomic mass is 16.6. The lowest BCUT2D eigenvalue weighted by Gasteiger charge is -2.18. The minimum Gasteiger partial charge on any atom is -0.462 e. The van der Waals surface area contributed by atoms with Gasteiger partial charge in [-0.3, -0.25) is 14.4 Å². The molecule has 392 valence electrons. The van der Waals surface area contributed by atoms with Gasteiger partial charge in [-0.05, 0) is 96.3 Å². The Kier molecular flexibility index (Phi) is 53.4. The smallest absolute Gasteiger partial charge is 0.306 e. The average Bonchev–Trinajstić information content (AvgIpc) is 3.35. The standard InChI is InChI=1S/C63H104O6/c1-4-7-10-13-16-19-22-25-28-30-32-34-35-38-41-44-47-50-53-56-62(65)68-59-60(58-67-61(64)55-52-49-46-43-40-37-27-24-21-18-15-12-9-6-3)69-63(66)57-54-51-48-45-42-39-36-33-31-29-26-23-20-17-14-11-8-5-2/h7,10-11,14,16-17,19-20,23,25-26,28-29,31,33,36-37,40,60H,4-6,8-9,12-13,15,18,21-22,24,27,30,32,34-35,38-39,41-59H2,1-3H3/b10-7-,14-11-,19-16-,20-17-,26-23-,28-25-,31-29-,36-33-,40-37-. The van der Waals surface area contributed by atoms with Gasteiger partial charge in [0.1, 0.15) is 13.2 Å². The monoisotopic (exact) mass is 957 g/mol. The minimum absolute atomic E-state index is 0.0976. The molecule has 0 aromatic rings. The van der Waals surface area contributed by atoms with Gasteiger partial charge in [0.25, 0.3) is 0 Å². The van der Waals surface area contributed by atoms with Gasteiger partial charge in [0, 0.05) is 19.3 Å². The second-order valence-electron chi connectivity index (χ2n) is 18.6. The number of rotatable bonds is 50. The van der Waals surface area contributed by atoms with Crippen molar-refractivity contribution in [3.05, 3.63) is 109 Å². The third-order valence-corrected chi connectivity index (χ3v) is 11.8. The van der Waals surface area contributed by atoms with Crippen molar-refractivity contribution in [2.75, 3.05) is 13.2 Å². The second kappa shape index (κ2) is 56.7. The molecule has 0 aliphatic heterocycles. The van der Waals surface area contributed by atoms with Crippen LogP contribution in [0.2, 0.25) is 0 Å². The van der Waals surface area contributed by atoms with E-state index >= 15 is 0 Å². The molecule has 0 bridgehead atoms. The van der Waals surface area contributed by atoms with Crippen LogP contribution in [0.4, 0.5) is 0 Å². The fourth-order valence-corrected chi connectivity index (χ4v) is 7.60. The second-order valence-corrected chi connectivity index (χ2v) is 18.6. The molecule has 0 N–H and O–H groups in total. The third kappa shape index (κ3) is 54.9. The fourth-order valence-electron chi connectivity index (χ4n) is 7.60. The summed E-state index contributed by atoms with van der Waals surface area (Å²) in [6.45, 7) is 6.40. The summed E-state index contributed by atoms with van der Waals surface area (Å²) in [7, 11) is 0. The number of carbonyl (C=O) groups is 3. The number of ether oxygens (including phenoxy) is 3. The zero-order valence-electron chi connectivity index (χ0n) is 44.8. The van der Waals surface area contributed by atoms with Gasteiger partial charge in [-0.2, -0.15) is 0 Å². The largest absolute Gasteiger partial charge is 0.462 e. The van der Waals surface area contributed by atoms with Crippen LogP contribution in [0.5, 0.6) is 0 Å². The first-order valence-electron chi connectivity index (χ1n) is 28.5. The molecule has 0 aliphatic carbocycles. The zero-order valence-corrected chi connectivity index (χ0v) is 44.8. The molecule has 1 unspecified atom stereocenters. The molecule has 0 amide bonds. The molecule has 0 rings (SSSR count). The van der Waals surface area contributed by atoms with Crippen LogP contribution in [0.15, 0.2) is 109 Å². The molecule has 0 radical (unpaired) electrons. The van der Waals surface area contributed by atoms with E-state index in [4.69, 9.17) is 14.2 Å². The van der Waals surface area contributed by atoms with Gasteiger partial charge in [-0.15, -0.1) is 0 Å². The van der Waals surface area contributed by atoms with Gasteiger partial charge < -0.3 is 14.2 Å². The Labute approximate surface area is 425 Å². The molecule has 0 saturated carbocycles. The molecule has 0 heterocycles. The van der Waals surface area contributed by atoms with Crippen molar-refractivity contribution in [2.24, 2.45) is 0 Å². The van der Waals surface area contributed by atoms with E-state index in [1.54, 1.807) is 0 Å². The van der Waals surface area contributed by atoms with Crippen molar-refractivity contribution < 1.29 is 28.6 Å². The molecule has 0 aromatic carbocycles. The Bertz CT molecular complexity index is 1420. The highest BCUT2D eigenvalue weighted by Crippen LogP contribution is 2.14. The summed E-state index contributed by atoms with van der Waals surface area (Å²) in [5, 5.41) is 0. The number of hydrogen-bond donors (Lipinski definition) is 0. The Morgan fingerprint density at radius 3 is 1.10 bits per heavy atom. The van der Waals surface area contributed by atoms with E-state index in [1.165, 1.54) is 96.3 Å². The summed E-state index contributed by atoms with van der Waals surface area (Å²) in [6, 6.07) is 0. The van der Waals surface area contributed by atoms with Crippen molar-refractivity contribution in [1.82, 2.24) is 0 Å². The SMILES string of the molecule is CC/C=C\C/C=C\C/C=C\CCCCCCCCCCCC(=O)OCC(COC(=O)CCCCC/C=C\CCCCCCCCC)OC(=O)CCCCCCC\C=C/C=C\C=C/C=C\C=C/CCC. The normalized spacial score (nSPS) is 12.9. The lowest BCUT2D eigenvalue weighted by Crippen LogP contribution is -2.30. The van der Waals surface area contributed by atoms with E-state index in [2.05, 4.69) is 106 Å². The van der Waals surface area contributed by atoms with Crippen molar-refractivity contribution in [1.29, 1.82) is 0 Å². The van der Waals surface area contributed by atoms with Crippen molar-refractivity contribution in [3.63, 3.8) is 0 Å². The van der Waals surface area contributed by atoms with Crippen LogP contribution in [0, 0.1) is 0 Å². The molecule has 1 atom stereocenters. The topological polar surface area (TPSA) is 78.9 Å². The Balaban J connectivity index is 4.47. The molecule has 6 nitrogen and oxygen atoms in total. The molecule has 0 aromatic heterocycles. The van der Waals surface area contributed by atoms with Crippen molar-refractivity contribution in [3.8, 4) is 0 Å². The fraction of sp³-hybridized carbons (Fsp3) is 0.667. The molecular formula is C63H104O6. The molecule has 0 fully saturated rings. The molecule has 6 heteroatoms. The number of hydrogen-bond acceptors (Lipinski definition) is 6. The molecule has 0 aliphatic rings. The maximum absolute atomic E-state index is 12.9. The van der Waals surface area contributed by atoms with E-state index in [0.717, 1.165) is 116 Å². The van der Waals surface area contributed by atoms with Gasteiger partial charge >= 0.3 is 17.9 Å². The van der Waals surface area contributed by atoms with Crippen LogP contribution in [-0.2, 0) is 28.6 Å². The van der Waals surface area contributed by atoms with Gasteiger partial charge in [0.2, 0.25) is 0 Å². The van der Waals surface area contributed by atoms with Crippen LogP contribution in [0.1, 0.15) is 252 Å². The molecule has 0 saturated heterocycles. The predicted molar refractivity (Wildman–Crippen MR) is 297 cm³/mol. The molecular weight excluding hydrogens is 853 g/mol. The Hall–Kier alpha value is -3.93. The van der Waals surface area contributed by atoms with Gasteiger partial charge in [0.15, 0.2) is 6.10 Å². The third-order valence-electron chi connectivity index (χ3n) is 11.8. The van der Waals surface area contributed by atoms with Gasteiger partial charge in [-0.1, -0.05) is 246 Å². The van der Waals surface area contributed by atoms with Crippen LogP contribution in [0.25, 0.3) is 0 Å². The van der Waals surface area contributed by atoms with E-state index < -0.39 is 6.10 Å². The number of unbranched alkanes of at least 4 members (excludes halogenated alkanes) is 25.